The molecule has 3 atom stereocenters. The minimum Gasteiger partial charge on any atom is -0.310 e. The van der Waals surface area contributed by atoms with Crippen molar-refractivity contribution in [3.8, 4) is 0 Å². The maximum atomic E-state index is 14.4. The second kappa shape index (κ2) is 7.42. The van der Waals surface area contributed by atoms with E-state index < -0.39 is 0 Å². The molecule has 0 amide bonds. The van der Waals surface area contributed by atoms with Gasteiger partial charge in [0.05, 0.1) is 5.02 Å². The van der Waals surface area contributed by atoms with Gasteiger partial charge in [0.25, 0.3) is 0 Å². The third-order valence-electron chi connectivity index (χ3n) is 4.38. The van der Waals surface area contributed by atoms with Gasteiger partial charge in [0.1, 0.15) is 5.82 Å². The molecule has 1 fully saturated rings. The number of hydrogen-bond donors (Lipinski definition) is 1. The van der Waals surface area contributed by atoms with Crippen LogP contribution in [0.25, 0.3) is 0 Å². The lowest BCUT2D eigenvalue weighted by atomic mass is 9.76. The lowest BCUT2D eigenvalue weighted by Crippen LogP contribution is -2.32. The zero-order chi connectivity index (χ0) is 14.5. The molecule has 1 saturated carbocycles. The highest BCUT2D eigenvalue weighted by atomic mass is 35.5. The van der Waals surface area contributed by atoms with Crippen LogP contribution in [0, 0.1) is 17.7 Å². The minimum absolute atomic E-state index is 0.0939. The topological polar surface area (TPSA) is 12.0 Å². The smallest absolute Gasteiger partial charge is 0.146 e. The van der Waals surface area contributed by atoms with Gasteiger partial charge in [0.2, 0.25) is 0 Å². The van der Waals surface area contributed by atoms with E-state index in [9.17, 15) is 4.39 Å². The second-order valence-electron chi connectivity index (χ2n) is 6.11. The highest BCUT2D eigenvalue weighted by Gasteiger charge is 2.29. The fraction of sp³-hybridized carbons (Fsp3) is 0.647. The Labute approximate surface area is 126 Å². The Hall–Kier alpha value is -0.600. The van der Waals surface area contributed by atoms with E-state index in [4.69, 9.17) is 11.6 Å². The fourth-order valence-electron chi connectivity index (χ4n) is 3.37. The number of hydrogen-bond acceptors (Lipinski definition) is 1. The lowest BCUT2D eigenvalue weighted by molar-refractivity contribution is 0.221. The van der Waals surface area contributed by atoms with Crippen molar-refractivity contribution in [3.05, 3.63) is 34.6 Å². The first-order valence-electron chi connectivity index (χ1n) is 7.80. The van der Waals surface area contributed by atoms with Gasteiger partial charge in [-0.2, -0.15) is 0 Å². The van der Waals surface area contributed by atoms with Crippen LogP contribution in [0.3, 0.4) is 0 Å². The summed E-state index contributed by atoms with van der Waals surface area (Å²) in [6, 6.07) is 5.46. The summed E-state index contributed by atoms with van der Waals surface area (Å²) in [5.74, 6) is 1.00. The van der Waals surface area contributed by atoms with Crippen molar-refractivity contribution in [3.63, 3.8) is 0 Å². The molecule has 2 rings (SSSR count). The molecule has 1 nitrogen and oxygen atoms in total. The molecule has 112 valence electrons. The zero-order valence-electron chi connectivity index (χ0n) is 12.5. The van der Waals surface area contributed by atoms with E-state index in [-0.39, 0.29) is 16.9 Å². The van der Waals surface area contributed by atoms with Crippen LogP contribution < -0.4 is 5.32 Å². The van der Waals surface area contributed by atoms with E-state index in [1.807, 2.05) is 12.1 Å². The Balaban J connectivity index is 2.24. The molecular weight excluding hydrogens is 273 g/mol. The third kappa shape index (κ3) is 3.73. The van der Waals surface area contributed by atoms with Crippen LogP contribution in [0.15, 0.2) is 18.2 Å². The molecule has 0 aromatic heterocycles. The average Bonchev–Trinajstić information content (AvgIpc) is 2.44. The van der Waals surface area contributed by atoms with Crippen molar-refractivity contribution in [2.24, 2.45) is 11.8 Å². The summed E-state index contributed by atoms with van der Waals surface area (Å²) >= 11 is 5.96. The Morgan fingerprint density at radius 1 is 1.40 bits per heavy atom. The first-order valence-corrected chi connectivity index (χ1v) is 8.18. The fourth-order valence-corrected chi connectivity index (χ4v) is 3.56. The molecule has 1 aromatic carbocycles. The van der Waals surface area contributed by atoms with Gasteiger partial charge in [0, 0.05) is 11.6 Å². The highest BCUT2D eigenvalue weighted by molar-refractivity contribution is 6.30. The zero-order valence-corrected chi connectivity index (χ0v) is 13.2. The Bertz CT molecular complexity index is 435. The highest BCUT2D eigenvalue weighted by Crippen LogP contribution is 2.38. The van der Waals surface area contributed by atoms with Gasteiger partial charge in [-0.05, 0) is 43.7 Å². The van der Waals surface area contributed by atoms with Crippen molar-refractivity contribution < 1.29 is 4.39 Å². The molecule has 1 aliphatic rings. The molecule has 0 radical (unpaired) electrons. The van der Waals surface area contributed by atoms with Gasteiger partial charge in [-0.15, -0.1) is 0 Å². The molecule has 3 heteroatoms. The van der Waals surface area contributed by atoms with Gasteiger partial charge >= 0.3 is 0 Å². The minimum atomic E-state index is -0.249. The van der Waals surface area contributed by atoms with Gasteiger partial charge < -0.3 is 5.32 Å². The summed E-state index contributed by atoms with van der Waals surface area (Å²) in [5.41, 5.74) is 0.741. The van der Waals surface area contributed by atoms with E-state index in [0.29, 0.717) is 5.92 Å². The van der Waals surface area contributed by atoms with Crippen molar-refractivity contribution in [2.75, 3.05) is 6.54 Å². The molecule has 1 N–H and O–H groups in total. The van der Waals surface area contributed by atoms with Gasteiger partial charge in [0.15, 0.2) is 0 Å². The SMILES string of the molecule is CCCNC(c1cccc(Cl)c1F)C1CCCC(C)C1. The maximum Gasteiger partial charge on any atom is 0.146 e. The monoisotopic (exact) mass is 297 g/mol. The van der Waals surface area contributed by atoms with E-state index >= 15 is 0 Å². The quantitative estimate of drug-likeness (QED) is 0.773. The molecule has 0 heterocycles. The van der Waals surface area contributed by atoms with E-state index in [0.717, 1.165) is 24.4 Å². The second-order valence-corrected chi connectivity index (χ2v) is 6.51. The van der Waals surface area contributed by atoms with Crippen molar-refractivity contribution >= 4 is 11.6 Å². The van der Waals surface area contributed by atoms with Crippen LogP contribution in [0.1, 0.15) is 57.6 Å². The summed E-state index contributed by atoms with van der Waals surface area (Å²) in [4.78, 5) is 0. The summed E-state index contributed by atoms with van der Waals surface area (Å²) in [6.45, 7) is 5.36. The van der Waals surface area contributed by atoms with E-state index in [1.54, 1.807) is 6.07 Å². The molecule has 3 unspecified atom stereocenters. The number of rotatable bonds is 5. The first-order chi connectivity index (χ1) is 9.63. The normalized spacial score (nSPS) is 24.6. The van der Waals surface area contributed by atoms with Crippen LogP contribution in [0.2, 0.25) is 5.02 Å². The number of nitrogens with one attached hydrogen (secondary N) is 1. The summed E-state index contributed by atoms with van der Waals surface area (Å²) in [6.07, 6.45) is 5.96. The van der Waals surface area contributed by atoms with Gasteiger partial charge in [-0.3, -0.25) is 0 Å². The van der Waals surface area contributed by atoms with Crippen LogP contribution in [0.4, 0.5) is 4.39 Å². The summed E-state index contributed by atoms with van der Waals surface area (Å²) in [7, 11) is 0. The van der Waals surface area contributed by atoms with Crippen molar-refractivity contribution in [2.45, 2.75) is 52.0 Å². The molecular formula is C17H25ClFN. The molecule has 0 bridgehead atoms. The molecule has 20 heavy (non-hydrogen) atoms. The largest absolute Gasteiger partial charge is 0.310 e. The van der Waals surface area contributed by atoms with E-state index in [2.05, 4.69) is 19.2 Å². The average molecular weight is 298 g/mol. The van der Waals surface area contributed by atoms with Gasteiger partial charge in [-0.1, -0.05) is 50.4 Å². The number of halogens is 2. The molecule has 1 aromatic rings. The molecule has 0 saturated heterocycles. The lowest BCUT2D eigenvalue weighted by Gasteiger charge is -2.34. The number of benzene rings is 1. The standard InChI is InChI=1S/C17H25ClFN/c1-3-10-20-17(13-7-4-6-12(2)11-13)14-8-5-9-15(18)16(14)19/h5,8-9,12-13,17,20H,3-4,6-7,10-11H2,1-2H3. The Morgan fingerprint density at radius 2 is 2.20 bits per heavy atom. The predicted octanol–water partition coefficient (Wildman–Crippen LogP) is 5.35. The first kappa shape index (κ1) is 15.8. The summed E-state index contributed by atoms with van der Waals surface area (Å²) in [5, 5.41) is 3.78. The molecule has 1 aliphatic carbocycles. The Kier molecular flexibility index (Phi) is 5.86. The van der Waals surface area contributed by atoms with Gasteiger partial charge in [-0.25, -0.2) is 4.39 Å². The molecule has 0 spiro atoms. The molecule has 0 aliphatic heterocycles. The Morgan fingerprint density at radius 3 is 2.90 bits per heavy atom. The van der Waals surface area contributed by atoms with Crippen molar-refractivity contribution in [1.82, 2.24) is 5.32 Å². The summed E-state index contributed by atoms with van der Waals surface area (Å²) < 4.78 is 14.4. The van der Waals surface area contributed by atoms with Crippen molar-refractivity contribution in [1.29, 1.82) is 0 Å². The maximum absolute atomic E-state index is 14.4. The van der Waals surface area contributed by atoms with Crippen LogP contribution in [-0.4, -0.2) is 6.54 Å². The van der Waals surface area contributed by atoms with E-state index in [1.165, 1.54) is 25.7 Å². The van der Waals surface area contributed by atoms with Crippen LogP contribution in [-0.2, 0) is 0 Å². The predicted molar refractivity (Wildman–Crippen MR) is 83.6 cm³/mol. The third-order valence-corrected chi connectivity index (χ3v) is 4.67. The van der Waals surface area contributed by atoms with Crippen LogP contribution in [0.5, 0.6) is 0 Å². The van der Waals surface area contributed by atoms with Crippen LogP contribution >= 0.6 is 11.6 Å².